The lowest BCUT2D eigenvalue weighted by molar-refractivity contribution is -0.858. The first-order valence-corrected chi connectivity index (χ1v) is 20.4. The zero-order chi connectivity index (χ0) is 36.3. The summed E-state index contributed by atoms with van der Waals surface area (Å²) in [7, 11) is -0.304. The van der Waals surface area contributed by atoms with Crippen molar-refractivity contribution in [1.82, 2.24) is 15.5 Å². The first-order valence-electron chi connectivity index (χ1n) is 16.1. The van der Waals surface area contributed by atoms with Crippen molar-refractivity contribution in [2.45, 2.75) is 116 Å². The highest BCUT2D eigenvalue weighted by atomic mass is 32.2. The molecule has 3 aromatic rings. The largest absolute Gasteiger partial charge is 0.748 e. The van der Waals surface area contributed by atoms with Crippen LogP contribution in [0.2, 0.25) is 0 Å². The van der Waals surface area contributed by atoms with Crippen molar-refractivity contribution in [3.05, 3.63) is 77.4 Å². The summed E-state index contributed by atoms with van der Waals surface area (Å²) in [6.07, 6.45) is 3.72. The number of likely N-dealkylation sites (N-methyl/N-ethyl adjacent to an activating group) is 1. The molecule has 0 bridgehead atoms. The average Bonchev–Trinajstić information content (AvgIpc) is 3.49. The Balaban J connectivity index is -0.000000395. The van der Waals surface area contributed by atoms with E-state index in [0.717, 1.165) is 32.3 Å². The fourth-order valence-corrected chi connectivity index (χ4v) is 7.76. The third-order valence-corrected chi connectivity index (χ3v) is 11.6. The Hall–Kier alpha value is -2.26. The monoisotopic (exact) mass is 802 g/mol. The van der Waals surface area contributed by atoms with Gasteiger partial charge in [0, 0.05) is 23.0 Å². The molecule has 52 heavy (non-hydrogen) atoms. The Morgan fingerprint density at radius 1 is 0.942 bits per heavy atom. The van der Waals surface area contributed by atoms with Gasteiger partial charge in [-0.15, -0.1) is 10.2 Å². The van der Waals surface area contributed by atoms with Gasteiger partial charge in [0.1, 0.15) is 6.54 Å². The summed E-state index contributed by atoms with van der Waals surface area (Å²) < 4.78 is 33.7. The van der Waals surface area contributed by atoms with Crippen LogP contribution < -0.4 is 10.2 Å². The highest BCUT2D eigenvalue weighted by molar-refractivity contribution is 8.02. The highest BCUT2D eigenvalue weighted by Crippen LogP contribution is 2.32. The fourth-order valence-electron chi connectivity index (χ4n) is 3.88. The Bertz CT molecular complexity index is 1460. The Morgan fingerprint density at radius 3 is 1.75 bits per heavy atom. The van der Waals surface area contributed by atoms with E-state index in [0.29, 0.717) is 18.9 Å². The van der Waals surface area contributed by atoms with E-state index in [1.165, 1.54) is 41.9 Å². The molecule has 0 aliphatic carbocycles. The molecule has 13 heteroatoms. The minimum atomic E-state index is -4.32. The molecule has 0 aliphatic rings. The molecule has 300 valence electrons. The lowest BCUT2D eigenvalue weighted by Gasteiger charge is -2.28. The predicted octanol–water partition coefficient (Wildman–Crippen LogP) is 8.42. The molecule has 1 heterocycles. The van der Waals surface area contributed by atoms with E-state index in [4.69, 9.17) is 5.11 Å². The number of carbonyl (C=O) groups is 1. The molecule has 0 radical (unpaired) electrons. The van der Waals surface area contributed by atoms with E-state index in [9.17, 15) is 17.8 Å². The maximum atomic E-state index is 11.5. The first kappa shape index (κ1) is 56.5. The zero-order valence-corrected chi connectivity index (χ0v) is 32.9. The van der Waals surface area contributed by atoms with Crippen molar-refractivity contribution < 1.29 is 27.8 Å². The summed E-state index contributed by atoms with van der Waals surface area (Å²) in [5, 5.41) is 19.4. The molecule has 0 aliphatic heterocycles. The molecule has 3 N–H and O–H groups in total. The van der Waals surface area contributed by atoms with Gasteiger partial charge in [-0.25, -0.2) is 8.42 Å². The van der Waals surface area contributed by atoms with Gasteiger partial charge in [0.2, 0.25) is 5.91 Å². The quantitative estimate of drug-likeness (QED) is 0.0964. The second-order valence-corrected chi connectivity index (χ2v) is 17.3. The second kappa shape index (κ2) is 29.1. The van der Waals surface area contributed by atoms with Crippen LogP contribution in [0, 0.1) is 5.92 Å². The molecule has 0 spiro atoms. The normalized spacial score (nSPS) is 11.7. The maximum absolute atomic E-state index is 11.5. The molecule has 1 aromatic heterocycles. The van der Waals surface area contributed by atoms with Crippen LogP contribution in [-0.4, -0.2) is 72.7 Å². The predicted molar refractivity (Wildman–Crippen MR) is 229 cm³/mol. The van der Waals surface area contributed by atoms with Crippen LogP contribution in [0.1, 0.15) is 112 Å². The second-order valence-electron chi connectivity index (χ2n) is 12.5. The number of hydrogen-bond donors (Lipinski definition) is 3. The molecule has 2 unspecified atom stereocenters. The number of hydrogen-bond acceptors (Lipinski definition) is 10. The van der Waals surface area contributed by atoms with Gasteiger partial charge in [0.05, 0.1) is 36.6 Å². The van der Waals surface area contributed by atoms with Crippen LogP contribution in [0.25, 0.3) is 6.08 Å². The maximum Gasteiger partial charge on any atom is 0.223 e. The first-order chi connectivity index (χ1) is 22.5. The van der Waals surface area contributed by atoms with E-state index >= 15 is 0 Å². The Labute approximate surface area is 330 Å². The van der Waals surface area contributed by atoms with Gasteiger partial charge < -0.3 is 19.9 Å². The molecule has 2 aromatic carbocycles. The topological polar surface area (TPSA) is 137 Å². The number of nitrogens with one attached hydrogen (secondary N) is 2. The smallest absolute Gasteiger partial charge is 0.223 e. The van der Waals surface area contributed by atoms with Crippen LogP contribution >= 0.6 is 34.9 Å². The summed E-state index contributed by atoms with van der Waals surface area (Å²) in [6.45, 7) is 16.1. The van der Waals surface area contributed by atoms with Gasteiger partial charge in [-0.1, -0.05) is 153 Å². The van der Waals surface area contributed by atoms with Gasteiger partial charge in [-0.05, 0) is 54.9 Å². The molecular formula is C39H70N4O5S4. The number of quaternary nitrogens is 1. The number of rotatable bonds is 16. The Kier molecular flexibility index (Phi) is 31.7. The van der Waals surface area contributed by atoms with E-state index < -0.39 is 21.4 Å². The highest BCUT2D eigenvalue weighted by Gasteiger charge is 2.25. The minimum Gasteiger partial charge on any atom is -0.748 e. The molecule has 3 rings (SSSR count). The van der Waals surface area contributed by atoms with E-state index in [2.05, 4.69) is 84.5 Å². The number of amides is 1. The molecule has 0 saturated carbocycles. The number of thioether (sulfide) groups is 2. The minimum absolute atomic E-state index is 0. The Morgan fingerprint density at radius 2 is 1.40 bits per heavy atom. The van der Waals surface area contributed by atoms with Crippen molar-refractivity contribution in [3.63, 3.8) is 0 Å². The molecule has 9 nitrogen and oxygen atoms in total. The van der Waals surface area contributed by atoms with E-state index in [1.807, 2.05) is 27.1 Å². The SMILES string of the molecule is C.C.C.C.C=Cc1ccc(CSc2nnc(SCc3ccc(C(C)CC)cc3)s2)cc1.CCC(C)C(=O)NC(C)(C)CS(=O)(=O)[O-].C[NH+](C)CCO. The van der Waals surface area contributed by atoms with Crippen molar-refractivity contribution in [2.24, 2.45) is 5.92 Å². The lowest BCUT2D eigenvalue weighted by Crippen LogP contribution is -3.06. The number of carbonyl (C=O) groups excluding carboxylic acids is 1. The van der Waals surface area contributed by atoms with Crippen LogP contribution in [0.4, 0.5) is 0 Å². The van der Waals surface area contributed by atoms with E-state index in [-0.39, 0.29) is 41.5 Å². The summed E-state index contributed by atoms with van der Waals surface area (Å²) in [6, 6.07) is 17.4. The van der Waals surface area contributed by atoms with Gasteiger partial charge in [-0.2, -0.15) is 0 Å². The number of aliphatic hydroxyl groups excluding tert-OH is 1. The number of aromatic nitrogens is 2. The van der Waals surface area contributed by atoms with Crippen LogP contribution in [0.5, 0.6) is 0 Å². The fraction of sp³-hybridized carbons (Fsp3) is 0.564. The zero-order valence-electron chi connectivity index (χ0n) is 29.6. The van der Waals surface area contributed by atoms with Crippen molar-refractivity contribution >= 4 is 57.0 Å². The van der Waals surface area contributed by atoms with Crippen LogP contribution in [0.15, 0.2) is 63.8 Å². The summed E-state index contributed by atoms with van der Waals surface area (Å²) in [4.78, 5) is 12.8. The number of nitrogens with zero attached hydrogens (tertiary/aromatic N) is 2. The summed E-state index contributed by atoms with van der Waals surface area (Å²) >= 11 is 5.18. The van der Waals surface area contributed by atoms with Crippen molar-refractivity contribution in [3.8, 4) is 0 Å². The summed E-state index contributed by atoms with van der Waals surface area (Å²) in [5.74, 6) is 1.46. The lowest BCUT2D eigenvalue weighted by atomic mass is 9.98. The average molecular weight is 803 g/mol. The molecule has 0 fully saturated rings. The third-order valence-electron chi connectivity index (χ3n) is 7.16. The van der Waals surface area contributed by atoms with Gasteiger partial charge in [-0.3, -0.25) is 4.79 Å². The van der Waals surface area contributed by atoms with Crippen LogP contribution in [-0.2, 0) is 26.4 Å². The molecule has 2 atom stereocenters. The van der Waals surface area contributed by atoms with Crippen molar-refractivity contribution in [1.29, 1.82) is 0 Å². The molecule has 0 saturated heterocycles. The van der Waals surface area contributed by atoms with E-state index in [1.54, 1.807) is 41.8 Å². The summed E-state index contributed by atoms with van der Waals surface area (Å²) in [5.41, 5.74) is 4.17. The van der Waals surface area contributed by atoms with Gasteiger partial charge in [0.25, 0.3) is 0 Å². The standard InChI is InChI=1S/C22H24N2S3.C9H19NO4S.C4H11NO.4CH4/c1-4-16(3)20-12-10-19(11-13-20)15-26-22-24-23-21(27-22)25-14-18-8-6-17(5-2)7-9-18;1-5-7(2)8(11)10-9(3,4)6-15(12,13)14;1-5(2)3-4-6;;;;/h5-13,16H,2,4,14-15H2,1,3H3;7H,5-6H2,1-4H3,(H,10,11)(H,12,13,14);6H,3-4H2,1-2H3;4*1H4. The third kappa shape index (κ3) is 24.9. The number of benzene rings is 2. The van der Waals surface area contributed by atoms with Gasteiger partial charge in [0.15, 0.2) is 8.68 Å². The molecular weight excluding hydrogens is 733 g/mol. The molecule has 1 amide bonds. The van der Waals surface area contributed by atoms with Crippen LogP contribution in [0.3, 0.4) is 0 Å². The number of aliphatic hydroxyl groups is 1. The van der Waals surface area contributed by atoms with Crippen molar-refractivity contribution in [2.75, 3.05) is 33.0 Å². The van der Waals surface area contributed by atoms with Gasteiger partial charge >= 0.3 is 0 Å².